The highest BCUT2D eigenvalue weighted by Gasteiger charge is 2.20. The van der Waals surface area contributed by atoms with Gasteiger partial charge < -0.3 is 16.0 Å². The molecule has 2 unspecified atom stereocenters. The van der Waals surface area contributed by atoms with Crippen LogP contribution in [0.3, 0.4) is 0 Å². The second-order valence-electron chi connectivity index (χ2n) is 6.86. The second kappa shape index (κ2) is 10.9. The minimum absolute atomic E-state index is 0.0629. The molecule has 0 radical (unpaired) electrons. The van der Waals surface area contributed by atoms with Gasteiger partial charge in [0, 0.05) is 6.54 Å². The number of carbonyl (C=O) groups is 2. The van der Waals surface area contributed by atoms with E-state index in [9.17, 15) is 9.59 Å². The third kappa shape index (κ3) is 7.26. The largest absolute Gasteiger partial charge is 0.354 e. The van der Waals surface area contributed by atoms with Crippen LogP contribution in [-0.2, 0) is 16.0 Å². The lowest BCUT2D eigenvalue weighted by Gasteiger charge is -2.23. The summed E-state index contributed by atoms with van der Waals surface area (Å²) in [6.45, 7) is 4.86. The van der Waals surface area contributed by atoms with Gasteiger partial charge in [-0.1, -0.05) is 43.7 Å². The molecule has 1 aliphatic heterocycles. The first kappa shape index (κ1) is 19.4. The summed E-state index contributed by atoms with van der Waals surface area (Å²) < 4.78 is 0. The van der Waals surface area contributed by atoms with Crippen molar-refractivity contribution in [2.75, 3.05) is 19.6 Å². The molecule has 0 aliphatic carbocycles. The van der Waals surface area contributed by atoms with Gasteiger partial charge in [-0.15, -0.1) is 0 Å². The zero-order chi connectivity index (χ0) is 17.9. The zero-order valence-electron chi connectivity index (χ0n) is 15.2. The predicted molar refractivity (Wildman–Crippen MR) is 100 cm³/mol. The van der Waals surface area contributed by atoms with Crippen molar-refractivity contribution in [3.8, 4) is 0 Å². The third-order valence-electron chi connectivity index (χ3n) is 4.69. The van der Waals surface area contributed by atoms with Gasteiger partial charge in [0.15, 0.2) is 0 Å². The number of hydrogen-bond donors (Lipinski definition) is 3. The molecular weight excluding hydrogens is 314 g/mol. The fourth-order valence-corrected chi connectivity index (χ4v) is 3.28. The highest BCUT2D eigenvalue weighted by molar-refractivity contribution is 5.88. The van der Waals surface area contributed by atoms with Crippen LogP contribution in [0.25, 0.3) is 0 Å². The molecule has 5 heteroatoms. The van der Waals surface area contributed by atoms with Gasteiger partial charge in [0.05, 0.1) is 6.42 Å². The van der Waals surface area contributed by atoms with Crippen LogP contribution in [0, 0.1) is 5.92 Å². The molecule has 0 bridgehead atoms. The lowest BCUT2D eigenvalue weighted by Crippen LogP contribution is -2.47. The van der Waals surface area contributed by atoms with Gasteiger partial charge in [-0.2, -0.15) is 0 Å². The van der Waals surface area contributed by atoms with Gasteiger partial charge in [0.2, 0.25) is 11.8 Å². The first-order valence-electron chi connectivity index (χ1n) is 9.50. The van der Waals surface area contributed by atoms with E-state index in [0.29, 0.717) is 25.3 Å². The van der Waals surface area contributed by atoms with Gasteiger partial charge in [-0.25, -0.2) is 0 Å². The molecule has 0 spiro atoms. The highest BCUT2D eigenvalue weighted by Crippen LogP contribution is 2.13. The molecule has 1 fully saturated rings. The Morgan fingerprint density at radius 3 is 2.76 bits per heavy atom. The monoisotopic (exact) mass is 345 g/mol. The third-order valence-corrected chi connectivity index (χ3v) is 4.69. The summed E-state index contributed by atoms with van der Waals surface area (Å²) in [5.74, 6) is 0.481. The van der Waals surface area contributed by atoms with Crippen molar-refractivity contribution in [2.24, 2.45) is 5.92 Å². The minimum atomic E-state index is -0.439. The number of nitrogens with one attached hydrogen (secondary N) is 3. The molecule has 2 atom stereocenters. The maximum absolute atomic E-state index is 12.4. The standard InChI is InChI=1S/C20H31N3O2/c1-2-7-18(23-19(24)14-16-8-4-3-5-9-16)20(25)22-13-11-17-10-6-12-21-15-17/h3-5,8-9,17-18,21H,2,6-7,10-15H2,1H3,(H,22,25)(H,23,24). The normalized spacial score (nSPS) is 18.4. The number of piperidine rings is 1. The van der Waals surface area contributed by atoms with Crippen molar-refractivity contribution < 1.29 is 9.59 Å². The molecule has 5 nitrogen and oxygen atoms in total. The van der Waals surface area contributed by atoms with E-state index in [4.69, 9.17) is 0 Å². The molecule has 138 valence electrons. The molecule has 2 amide bonds. The fourth-order valence-electron chi connectivity index (χ4n) is 3.28. The second-order valence-corrected chi connectivity index (χ2v) is 6.86. The molecule has 1 heterocycles. The van der Waals surface area contributed by atoms with E-state index in [1.807, 2.05) is 37.3 Å². The van der Waals surface area contributed by atoms with Crippen molar-refractivity contribution in [1.82, 2.24) is 16.0 Å². The van der Waals surface area contributed by atoms with E-state index < -0.39 is 6.04 Å². The van der Waals surface area contributed by atoms with E-state index in [1.54, 1.807) is 0 Å². The van der Waals surface area contributed by atoms with E-state index >= 15 is 0 Å². The van der Waals surface area contributed by atoms with E-state index in [2.05, 4.69) is 16.0 Å². The maximum Gasteiger partial charge on any atom is 0.242 e. The highest BCUT2D eigenvalue weighted by atomic mass is 16.2. The molecule has 25 heavy (non-hydrogen) atoms. The van der Waals surface area contributed by atoms with E-state index in [1.165, 1.54) is 12.8 Å². The van der Waals surface area contributed by atoms with Crippen LogP contribution in [0.2, 0.25) is 0 Å². The summed E-state index contributed by atoms with van der Waals surface area (Å²) in [6.07, 6.45) is 5.27. The lowest BCUT2D eigenvalue weighted by atomic mass is 9.96. The summed E-state index contributed by atoms with van der Waals surface area (Å²) in [6, 6.07) is 9.17. The first-order chi connectivity index (χ1) is 12.2. The smallest absolute Gasteiger partial charge is 0.242 e. The molecular formula is C20H31N3O2. The molecule has 1 aliphatic rings. The fraction of sp³-hybridized carbons (Fsp3) is 0.600. The van der Waals surface area contributed by atoms with Crippen LogP contribution in [-0.4, -0.2) is 37.5 Å². The quantitative estimate of drug-likeness (QED) is 0.641. The Morgan fingerprint density at radius 1 is 1.28 bits per heavy atom. The van der Waals surface area contributed by atoms with Crippen LogP contribution < -0.4 is 16.0 Å². The Labute approximate surface area is 151 Å². The van der Waals surface area contributed by atoms with E-state index in [0.717, 1.165) is 31.5 Å². The van der Waals surface area contributed by atoms with Crippen LogP contribution in [0.1, 0.15) is 44.6 Å². The topological polar surface area (TPSA) is 70.2 Å². The van der Waals surface area contributed by atoms with Gasteiger partial charge in [-0.3, -0.25) is 9.59 Å². The van der Waals surface area contributed by atoms with Gasteiger partial charge in [-0.05, 0) is 50.3 Å². The molecule has 0 aromatic heterocycles. The molecule has 2 rings (SSSR count). The summed E-state index contributed by atoms with van der Waals surface area (Å²) in [7, 11) is 0. The average molecular weight is 345 g/mol. The van der Waals surface area contributed by atoms with Crippen molar-refractivity contribution in [3.05, 3.63) is 35.9 Å². The Hall–Kier alpha value is -1.88. The zero-order valence-corrected chi connectivity index (χ0v) is 15.2. The van der Waals surface area contributed by atoms with Crippen LogP contribution in [0.4, 0.5) is 0 Å². The summed E-state index contributed by atoms with van der Waals surface area (Å²) >= 11 is 0. The summed E-state index contributed by atoms with van der Waals surface area (Å²) in [5.41, 5.74) is 0.959. The minimum Gasteiger partial charge on any atom is -0.354 e. The number of hydrogen-bond acceptors (Lipinski definition) is 3. The Morgan fingerprint density at radius 2 is 2.08 bits per heavy atom. The average Bonchev–Trinajstić information content (AvgIpc) is 2.63. The molecule has 1 saturated heterocycles. The van der Waals surface area contributed by atoms with Gasteiger partial charge in [0.25, 0.3) is 0 Å². The first-order valence-corrected chi connectivity index (χ1v) is 9.50. The molecule has 1 aromatic rings. The number of benzene rings is 1. The van der Waals surface area contributed by atoms with Crippen LogP contribution in [0.5, 0.6) is 0 Å². The van der Waals surface area contributed by atoms with Gasteiger partial charge >= 0.3 is 0 Å². The van der Waals surface area contributed by atoms with E-state index in [-0.39, 0.29) is 11.8 Å². The van der Waals surface area contributed by atoms with Crippen molar-refractivity contribution >= 4 is 11.8 Å². The summed E-state index contributed by atoms with van der Waals surface area (Å²) in [5, 5.41) is 9.29. The molecule has 0 saturated carbocycles. The SMILES string of the molecule is CCCC(NC(=O)Cc1ccccc1)C(=O)NCCC1CCCNC1. The lowest BCUT2D eigenvalue weighted by molar-refractivity contribution is -0.128. The summed E-state index contributed by atoms with van der Waals surface area (Å²) in [4.78, 5) is 24.6. The molecule has 3 N–H and O–H groups in total. The predicted octanol–water partition coefficient (Wildman–Crippen LogP) is 2.02. The Kier molecular flexibility index (Phi) is 8.46. The van der Waals surface area contributed by atoms with Crippen molar-refractivity contribution in [2.45, 2.75) is 51.5 Å². The Balaban J connectivity index is 1.75. The number of carbonyl (C=O) groups excluding carboxylic acids is 2. The van der Waals surface area contributed by atoms with Gasteiger partial charge in [0.1, 0.15) is 6.04 Å². The molecule has 1 aromatic carbocycles. The maximum atomic E-state index is 12.4. The van der Waals surface area contributed by atoms with Crippen LogP contribution >= 0.6 is 0 Å². The number of amides is 2. The van der Waals surface area contributed by atoms with Crippen molar-refractivity contribution in [1.29, 1.82) is 0 Å². The van der Waals surface area contributed by atoms with Crippen molar-refractivity contribution in [3.63, 3.8) is 0 Å². The van der Waals surface area contributed by atoms with Crippen LogP contribution in [0.15, 0.2) is 30.3 Å². The number of rotatable bonds is 9. The Bertz CT molecular complexity index is 527.